The molecule has 0 saturated carbocycles. The van der Waals surface area contributed by atoms with Gasteiger partial charge in [-0.05, 0) is 11.6 Å². The van der Waals surface area contributed by atoms with Gasteiger partial charge in [-0.2, -0.15) is 0 Å². The summed E-state index contributed by atoms with van der Waals surface area (Å²) in [5.74, 6) is 0. The van der Waals surface area contributed by atoms with Gasteiger partial charge < -0.3 is 0 Å². The van der Waals surface area contributed by atoms with E-state index < -0.39 is 0 Å². The molecule has 0 saturated heterocycles. The number of hydrogen-bond donors (Lipinski definition) is 0. The van der Waals surface area contributed by atoms with Crippen LogP contribution in [0.4, 0.5) is 0 Å². The normalized spacial score (nSPS) is 14.7. The van der Waals surface area contributed by atoms with Crippen molar-refractivity contribution < 1.29 is 4.84 Å². The van der Waals surface area contributed by atoms with Crippen molar-refractivity contribution in [2.75, 3.05) is 6.54 Å². The van der Waals surface area contributed by atoms with E-state index in [9.17, 15) is 0 Å². The van der Waals surface area contributed by atoms with Crippen molar-refractivity contribution in [1.82, 2.24) is 5.06 Å². The van der Waals surface area contributed by atoms with Crippen LogP contribution in [0.5, 0.6) is 0 Å². The van der Waals surface area contributed by atoms with Crippen molar-refractivity contribution in [3.05, 3.63) is 60.3 Å². The molecule has 14 heavy (non-hydrogen) atoms. The van der Waals surface area contributed by atoms with E-state index in [0.29, 0.717) is 6.61 Å². The molecule has 1 aromatic carbocycles. The zero-order chi connectivity index (χ0) is 9.64. The lowest BCUT2D eigenvalue weighted by atomic mass is 10.2. The second kappa shape index (κ2) is 4.63. The van der Waals surface area contributed by atoms with Crippen LogP contribution in [0.25, 0.3) is 0 Å². The summed E-state index contributed by atoms with van der Waals surface area (Å²) in [6, 6.07) is 10.2. The van der Waals surface area contributed by atoms with Gasteiger partial charge in [-0.25, -0.2) is 0 Å². The molecule has 1 aliphatic heterocycles. The SMILES string of the molecule is C1=CCN(OCc2ccccc2)C=C1. The van der Waals surface area contributed by atoms with Gasteiger partial charge in [0.1, 0.15) is 0 Å². The number of hydroxylamine groups is 2. The number of hydrogen-bond acceptors (Lipinski definition) is 2. The maximum Gasteiger partial charge on any atom is 0.0999 e. The third-order valence-corrected chi connectivity index (χ3v) is 2.02. The zero-order valence-electron chi connectivity index (χ0n) is 7.97. The lowest BCUT2D eigenvalue weighted by Crippen LogP contribution is -2.18. The van der Waals surface area contributed by atoms with Crippen molar-refractivity contribution in [3.63, 3.8) is 0 Å². The molecule has 0 amide bonds. The minimum absolute atomic E-state index is 0.624. The Kier molecular flexibility index (Phi) is 2.99. The van der Waals surface area contributed by atoms with Crippen LogP contribution in [0.2, 0.25) is 0 Å². The summed E-state index contributed by atoms with van der Waals surface area (Å²) in [7, 11) is 0. The molecule has 0 atom stereocenters. The first-order chi connectivity index (χ1) is 6.95. The third-order valence-electron chi connectivity index (χ3n) is 2.02. The Morgan fingerprint density at radius 3 is 2.71 bits per heavy atom. The predicted molar refractivity (Wildman–Crippen MR) is 56.2 cm³/mol. The van der Waals surface area contributed by atoms with Gasteiger partial charge in [0, 0.05) is 6.20 Å². The maximum absolute atomic E-state index is 5.56. The van der Waals surface area contributed by atoms with Crippen LogP contribution in [-0.2, 0) is 11.4 Å². The lowest BCUT2D eigenvalue weighted by Gasteiger charge is -2.19. The molecule has 72 valence electrons. The van der Waals surface area contributed by atoms with E-state index in [2.05, 4.69) is 18.2 Å². The monoisotopic (exact) mass is 187 g/mol. The summed E-state index contributed by atoms with van der Waals surface area (Å²) in [5.41, 5.74) is 1.19. The van der Waals surface area contributed by atoms with Crippen LogP contribution < -0.4 is 0 Å². The molecule has 1 heterocycles. The molecule has 0 spiro atoms. The van der Waals surface area contributed by atoms with Crippen molar-refractivity contribution >= 4 is 0 Å². The standard InChI is InChI=1S/C12H13NO/c1-3-7-12(8-4-1)11-14-13-9-5-2-6-10-13/h1-9H,10-11H2. The van der Waals surface area contributed by atoms with E-state index in [-0.39, 0.29) is 0 Å². The summed E-state index contributed by atoms with van der Waals surface area (Å²) in [6.45, 7) is 1.45. The van der Waals surface area contributed by atoms with E-state index in [1.54, 1.807) is 0 Å². The van der Waals surface area contributed by atoms with Crippen LogP contribution in [-0.4, -0.2) is 11.6 Å². The molecule has 0 unspecified atom stereocenters. The molecule has 1 aromatic rings. The highest BCUT2D eigenvalue weighted by Gasteiger charge is 1.99. The average Bonchev–Trinajstić information content (AvgIpc) is 2.29. The molecule has 1 aliphatic rings. The van der Waals surface area contributed by atoms with Crippen molar-refractivity contribution in [2.24, 2.45) is 0 Å². The fraction of sp³-hybridized carbons (Fsp3) is 0.167. The molecule has 0 aliphatic carbocycles. The first-order valence-electron chi connectivity index (χ1n) is 4.72. The molecule has 0 fully saturated rings. The molecule has 0 aromatic heterocycles. The van der Waals surface area contributed by atoms with Crippen molar-refractivity contribution in [2.45, 2.75) is 6.61 Å². The topological polar surface area (TPSA) is 12.5 Å². The summed E-state index contributed by atoms with van der Waals surface area (Å²) >= 11 is 0. The highest BCUT2D eigenvalue weighted by Crippen LogP contribution is 2.05. The highest BCUT2D eigenvalue weighted by atomic mass is 16.7. The van der Waals surface area contributed by atoms with Gasteiger partial charge in [0.25, 0.3) is 0 Å². The summed E-state index contributed by atoms with van der Waals surface area (Å²) < 4.78 is 0. The fourth-order valence-electron chi connectivity index (χ4n) is 1.28. The minimum atomic E-state index is 0.624. The van der Waals surface area contributed by atoms with Crippen LogP contribution in [0, 0.1) is 0 Å². The van der Waals surface area contributed by atoms with Crippen LogP contribution in [0.3, 0.4) is 0 Å². The van der Waals surface area contributed by atoms with Gasteiger partial charge in [0.2, 0.25) is 0 Å². The largest absolute Gasteiger partial charge is 0.269 e. The van der Waals surface area contributed by atoms with E-state index in [1.165, 1.54) is 5.56 Å². The van der Waals surface area contributed by atoms with Gasteiger partial charge in [0.15, 0.2) is 0 Å². The highest BCUT2D eigenvalue weighted by molar-refractivity contribution is 5.13. The lowest BCUT2D eigenvalue weighted by molar-refractivity contribution is -0.124. The molecule has 0 radical (unpaired) electrons. The zero-order valence-corrected chi connectivity index (χ0v) is 7.97. The Morgan fingerprint density at radius 1 is 1.14 bits per heavy atom. The molecule has 0 bridgehead atoms. The van der Waals surface area contributed by atoms with Gasteiger partial charge in [-0.3, -0.25) is 9.90 Å². The van der Waals surface area contributed by atoms with Crippen molar-refractivity contribution in [3.8, 4) is 0 Å². The summed E-state index contributed by atoms with van der Waals surface area (Å²) in [5, 5.41) is 1.83. The van der Waals surface area contributed by atoms with E-state index in [4.69, 9.17) is 4.84 Å². The van der Waals surface area contributed by atoms with E-state index in [1.807, 2.05) is 41.6 Å². The molecular weight excluding hydrogens is 174 g/mol. The molecular formula is C12H13NO. The Hall–Kier alpha value is -1.54. The van der Waals surface area contributed by atoms with Gasteiger partial charge in [-0.15, -0.1) is 0 Å². The first kappa shape index (κ1) is 9.03. The fourth-order valence-corrected chi connectivity index (χ4v) is 1.28. The van der Waals surface area contributed by atoms with Gasteiger partial charge in [0.05, 0.1) is 13.2 Å². The smallest absolute Gasteiger partial charge is 0.0999 e. The Labute approximate surface area is 84.1 Å². The van der Waals surface area contributed by atoms with Crippen LogP contribution in [0.1, 0.15) is 5.56 Å². The first-order valence-corrected chi connectivity index (χ1v) is 4.72. The van der Waals surface area contributed by atoms with Crippen LogP contribution >= 0.6 is 0 Å². The second-order valence-electron chi connectivity index (χ2n) is 3.13. The summed E-state index contributed by atoms with van der Waals surface area (Å²) in [6.07, 6.45) is 7.98. The summed E-state index contributed by atoms with van der Waals surface area (Å²) in [4.78, 5) is 5.56. The van der Waals surface area contributed by atoms with Gasteiger partial charge in [-0.1, -0.05) is 42.5 Å². The molecule has 2 nitrogen and oxygen atoms in total. The number of benzene rings is 1. The molecule has 2 heteroatoms. The van der Waals surface area contributed by atoms with Crippen molar-refractivity contribution in [1.29, 1.82) is 0 Å². The Balaban J connectivity index is 1.83. The van der Waals surface area contributed by atoms with E-state index in [0.717, 1.165) is 6.54 Å². The molecule has 0 N–H and O–H groups in total. The second-order valence-corrected chi connectivity index (χ2v) is 3.13. The third kappa shape index (κ3) is 2.47. The number of allylic oxidation sites excluding steroid dienone is 2. The minimum Gasteiger partial charge on any atom is -0.269 e. The quantitative estimate of drug-likeness (QED) is 0.721. The Bertz CT molecular complexity index is 329. The predicted octanol–water partition coefficient (Wildman–Crippen LogP) is 2.50. The number of nitrogens with zero attached hydrogens (tertiary/aromatic N) is 1. The average molecular weight is 187 g/mol. The maximum atomic E-state index is 5.56. The molecule has 2 rings (SSSR count). The Morgan fingerprint density at radius 2 is 2.00 bits per heavy atom. The van der Waals surface area contributed by atoms with Crippen LogP contribution in [0.15, 0.2) is 54.8 Å². The number of rotatable bonds is 3. The van der Waals surface area contributed by atoms with Gasteiger partial charge >= 0.3 is 0 Å². The van der Waals surface area contributed by atoms with E-state index >= 15 is 0 Å².